The number of thiophene rings is 1. The van der Waals surface area contributed by atoms with Gasteiger partial charge in [-0.3, -0.25) is 4.99 Å². The van der Waals surface area contributed by atoms with Crippen LogP contribution in [0.2, 0.25) is 0 Å². The standard InChI is InChI=1S/C16H16N2S2/c1-3-12-15(18-7-6-17-16(18)20-12)14-9-11-8-10(2)4-5-13(11)19-14/h4-5,8-9H,3,6-7H2,1-2H3. The first-order valence-electron chi connectivity index (χ1n) is 7.00. The van der Waals surface area contributed by atoms with E-state index in [9.17, 15) is 0 Å². The van der Waals surface area contributed by atoms with Gasteiger partial charge in [-0.1, -0.05) is 36.4 Å². The molecule has 2 aliphatic rings. The molecule has 4 heteroatoms. The zero-order valence-corrected chi connectivity index (χ0v) is 13.3. The molecular formula is C16H16N2S2. The van der Waals surface area contributed by atoms with Gasteiger partial charge < -0.3 is 4.90 Å². The van der Waals surface area contributed by atoms with Gasteiger partial charge in [0.1, 0.15) is 0 Å². The SMILES string of the molecule is CCC1=C(c2cc3cc(C)ccc3s2)N2CCN=C2S1. The summed E-state index contributed by atoms with van der Waals surface area (Å²) >= 11 is 3.76. The quantitative estimate of drug-likeness (QED) is 0.798. The lowest BCUT2D eigenvalue weighted by Gasteiger charge is -2.15. The van der Waals surface area contributed by atoms with Gasteiger partial charge in [0.2, 0.25) is 0 Å². The maximum atomic E-state index is 4.61. The van der Waals surface area contributed by atoms with Crippen LogP contribution in [-0.4, -0.2) is 23.2 Å². The Morgan fingerprint density at radius 1 is 1.30 bits per heavy atom. The number of aryl methyl sites for hydroxylation is 1. The highest BCUT2D eigenvalue weighted by Gasteiger charge is 2.32. The highest BCUT2D eigenvalue weighted by molar-refractivity contribution is 8.17. The van der Waals surface area contributed by atoms with Gasteiger partial charge in [0.25, 0.3) is 0 Å². The number of allylic oxidation sites excluding steroid dienone is 1. The predicted octanol–water partition coefficient (Wildman–Crippen LogP) is 4.71. The van der Waals surface area contributed by atoms with E-state index in [-0.39, 0.29) is 0 Å². The van der Waals surface area contributed by atoms with E-state index in [1.165, 1.54) is 36.3 Å². The van der Waals surface area contributed by atoms with Crippen molar-refractivity contribution in [2.45, 2.75) is 20.3 Å². The molecule has 0 unspecified atom stereocenters. The number of aliphatic imine (C=N–C) groups is 1. The predicted molar refractivity (Wildman–Crippen MR) is 90.4 cm³/mol. The van der Waals surface area contributed by atoms with Gasteiger partial charge in [0, 0.05) is 16.1 Å². The summed E-state index contributed by atoms with van der Waals surface area (Å²) in [5.74, 6) is 0. The van der Waals surface area contributed by atoms with Crippen molar-refractivity contribution >= 4 is 44.0 Å². The van der Waals surface area contributed by atoms with Gasteiger partial charge in [-0.25, -0.2) is 0 Å². The maximum absolute atomic E-state index is 4.61. The molecule has 1 aromatic heterocycles. The summed E-state index contributed by atoms with van der Waals surface area (Å²) in [6, 6.07) is 9.07. The third kappa shape index (κ3) is 1.82. The second kappa shape index (κ2) is 4.64. The fourth-order valence-electron chi connectivity index (χ4n) is 2.82. The van der Waals surface area contributed by atoms with E-state index in [0.717, 1.165) is 19.5 Å². The number of benzene rings is 1. The molecule has 0 saturated carbocycles. The molecule has 0 atom stereocenters. The third-order valence-electron chi connectivity index (χ3n) is 3.78. The van der Waals surface area contributed by atoms with Crippen molar-refractivity contribution in [1.82, 2.24) is 4.90 Å². The number of fused-ring (bicyclic) bond motifs is 2. The Hall–Kier alpha value is -1.26. The van der Waals surface area contributed by atoms with Crippen LogP contribution >= 0.6 is 23.1 Å². The van der Waals surface area contributed by atoms with Crippen LogP contribution in [0.4, 0.5) is 0 Å². The van der Waals surface area contributed by atoms with Crippen LogP contribution in [0.25, 0.3) is 15.8 Å². The minimum absolute atomic E-state index is 0.937. The van der Waals surface area contributed by atoms with Crippen LogP contribution in [0.1, 0.15) is 23.8 Å². The zero-order chi connectivity index (χ0) is 13.7. The monoisotopic (exact) mass is 300 g/mol. The van der Waals surface area contributed by atoms with Crippen molar-refractivity contribution < 1.29 is 0 Å². The van der Waals surface area contributed by atoms with Crippen molar-refractivity contribution in [2.24, 2.45) is 4.99 Å². The Labute approximate surface area is 127 Å². The van der Waals surface area contributed by atoms with Gasteiger partial charge in [-0.15, -0.1) is 11.3 Å². The molecule has 2 aliphatic heterocycles. The summed E-state index contributed by atoms with van der Waals surface area (Å²) in [5.41, 5.74) is 2.74. The van der Waals surface area contributed by atoms with Gasteiger partial charge >= 0.3 is 0 Å². The molecule has 0 aliphatic carbocycles. The van der Waals surface area contributed by atoms with Crippen LogP contribution < -0.4 is 0 Å². The summed E-state index contributed by atoms with van der Waals surface area (Å²) in [6.45, 7) is 6.37. The van der Waals surface area contributed by atoms with Crippen LogP contribution in [0.5, 0.6) is 0 Å². The molecule has 1 aromatic carbocycles. The van der Waals surface area contributed by atoms with Crippen molar-refractivity contribution in [1.29, 1.82) is 0 Å². The number of nitrogens with zero attached hydrogens (tertiary/aromatic N) is 2. The lowest BCUT2D eigenvalue weighted by atomic mass is 10.1. The summed E-state index contributed by atoms with van der Waals surface area (Å²) in [6.07, 6.45) is 1.09. The van der Waals surface area contributed by atoms with E-state index in [1.807, 2.05) is 23.1 Å². The van der Waals surface area contributed by atoms with Crippen molar-refractivity contribution in [3.8, 4) is 0 Å². The Morgan fingerprint density at radius 2 is 2.20 bits per heavy atom. The fraction of sp³-hybridized carbons (Fsp3) is 0.312. The molecule has 0 radical (unpaired) electrons. The number of hydrogen-bond acceptors (Lipinski definition) is 4. The molecule has 0 fully saturated rings. The van der Waals surface area contributed by atoms with Crippen LogP contribution in [0.15, 0.2) is 34.2 Å². The lowest BCUT2D eigenvalue weighted by molar-refractivity contribution is 0.648. The summed E-state index contributed by atoms with van der Waals surface area (Å²) in [4.78, 5) is 9.87. The van der Waals surface area contributed by atoms with E-state index in [4.69, 9.17) is 0 Å². The molecule has 0 N–H and O–H groups in total. The number of hydrogen-bond donors (Lipinski definition) is 0. The molecule has 0 bridgehead atoms. The number of amidine groups is 1. The molecule has 2 aromatic rings. The summed E-state index contributed by atoms with van der Waals surface area (Å²) in [5, 5.41) is 2.56. The molecule has 3 heterocycles. The summed E-state index contributed by atoms with van der Waals surface area (Å²) < 4.78 is 1.38. The molecule has 2 nitrogen and oxygen atoms in total. The Bertz CT molecular complexity index is 755. The smallest absolute Gasteiger partial charge is 0.168 e. The third-order valence-corrected chi connectivity index (χ3v) is 6.16. The van der Waals surface area contributed by atoms with E-state index in [0.29, 0.717) is 0 Å². The van der Waals surface area contributed by atoms with E-state index >= 15 is 0 Å². The minimum Gasteiger partial charge on any atom is -0.317 e. The topological polar surface area (TPSA) is 15.6 Å². The Balaban J connectivity index is 1.86. The molecule has 0 spiro atoms. The first kappa shape index (κ1) is 12.5. The first-order valence-corrected chi connectivity index (χ1v) is 8.63. The summed E-state index contributed by atoms with van der Waals surface area (Å²) in [7, 11) is 0. The molecule has 4 rings (SSSR count). The van der Waals surface area contributed by atoms with Gasteiger partial charge in [0.15, 0.2) is 5.17 Å². The lowest BCUT2D eigenvalue weighted by Crippen LogP contribution is -2.19. The number of rotatable bonds is 2. The number of thioether (sulfide) groups is 1. The van der Waals surface area contributed by atoms with Gasteiger partial charge in [-0.2, -0.15) is 0 Å². The molecular weight excluding hydrogens is 284 g/mol. The maximum Gasteiger partial charge on any atom is 0.168 e. The Kier molecular flexibility index (Phi) is 2.89. The second-order valence-electron chi connectivity index (χ2n) is 5.20. The average molecular weight is 300 g/mol. The van der Waals surface area contributed by atoms with Crippen molar-refractivity contribution in [3.05, 3.63) is 39.6 Å². The Morgan fingerprint density at radius 3 is 3.05 bits per heavy atom. The van der Waals surface area contributed by atoms with Gasteiger partial charge in [-0.05, 0) is 30.9 Å². The molecule has 20 heavy (non-hydrogen) atoms. The van der Waals surface area contributed by atoms with Crippen LogP contribution in [-0.2, 0) is 0 Å². The average Bonchev–Trinajstić information content (AvgIpc) is 3.09. The highest BCUT2D eigenvalue weighted by Crippen LogP contribution is 2.45. The largest absolute Gasteiger partial charge is 0.317 e. The molecule has 102 valence electrons. The van der Waals surface area contributed by atoms with Crippen molar-refractivity contribution in [3.63, 3.8) is 0 Å². The highest BCUT2D eigenvalue weighted by atomic mass is 32.2. The normalized spacial score (nSPS) is 18.1. The first-order chi connectivity index (χ1) is 9.76. The van der Waals surface area contributed by atoms with E-state index in [1.54, 1.807) is 0 Å². The molecule has 0 saturated heterocycles. The van der Waals surface area contributed by atoms with Crippen LogP contribution in [0.3, 0.4) is 0 Å². The van der Waals surface area contributed by atoms with E-state index in [2.05, 4.69) is 48.0 Å². The minimum atomic E-state index is 0.937. The second-order valence-corrected chi connectivity index (χ2v) is 7.34. The van der Waals surface area contributed by atoms with Crippen LogP contribution in [0, 0.1) is 6.92 Å². The van der Waals surface area contributed by atoms with E-state index < -0.39 is 0 Å². The molecule has 0 amide bonds. The zero-order valence-electron chi connectivity index (χ0n) is 11.6. The fourth-order valence-corrected chi connectivity index (χ4v) is 5.14. The van der Waals surface area contributed by atoms with Crippen molar-refractivity contribution in [2.75, 3.05) is 13.1 Å². The van der Waals surface area contributed by atoms with Gasteiger partial charge in [0.05, 0.1) is 17.1 Å².